The number of rotatable bonds is 5. The van der Waals surface area contributed by atoms with Gasteiger partial charge in [0.2, 0.25) is 0 Å². The third kappa shape index (κ3) is 3.91. The number of aromatic hydroxyl groups is 1. The summed E-state index contributed by atoms with van der Waals surface area (Å²) >= 11 is 5.99. The number of hydrogen-bond acceptors (Lipinski definition) is 7. The highest BCUT2D eigenvalue weighted by Gasteiger charge is 2.18. The Bertz CT molecular complexity index is 1100. The Hall–Kier alpha value is -2.98. The van der Waals surface area contributed by atoms with Crippen LogP contribution in [0.2, 0.25) is 5.02 Å². The van der Waals surface area contributed by atoms with Crippen molar-refractivity contribution in [2.45, 2.75) is 11.8 Å². The fraction of sp³-hybridized carbons (Fsp3) is 0.125. The minimum absolute atomic E-state index is 0.00472. The molecule has 0 aliphatic heterocycles. The summed E-state index contributed by atoms with van der Waals surface area (Å²) in [4.78, 5) is 12.7. The van der Waals surface area contributed by atoms with E-state index in [1.54, 1.807) is 0 Å². The molecule has 11 heteroatoms. The average molecular weight is 408 g/mol. The molecule has 0 saturated heterocycles. The molecule has 3 aromatic rings. The molecule has 140 valence electrons. The lowest BCUT2D eigenvalue weighted by molar-refractivity contribution is 0.102. The number of carbonyl (C=O) groups excluding carboxylic acids is 1. The van der Waals surface area contributed by atoms with Gasteiger partial charge in [-0.2, -0.15) is 4.68 Å². The molecule has 0 aliphatic rings. The monoisotopic (exact) mass is 407 g/mol. The van der Waals surface area contributed by atoms with Crippen LogP contribution < -0.4 is 5.32 Å². The number of phenols is 1. The van der Waals surface area contributed by atoms with Gasteiger partial charge in [0.15, 0.2) is 9.84 Å². The van der Waals surface area contributed by atoms with Crippen LogP contribution in [-0.2, 0) is 9.84 Å². The van der Waals surface area contributed by atoms with E-state index in [0.29, 0.717) is 10.7 Å². The number of phenolic OH excluding ortho intramolecular Hbond substituents is 1. The second-order valence-corrected chi connectivity index (χ2v) is 8.17. The third-order valence-electron chi connectivity index (χ3n) is 3.76. The Morgan fingerprint density at radius 2 is 2.04 bits per heavy atom. The average Bonchev–Trinajstić information content (AvgIpc) is 3.17. The van der Waals surface area contributed by atoms with Crippen LogP contribution in [0.25, 0.3) is 5.69 Å². The maximum absolute atomic E-state index is 12.7. The molecule has 2 N–H and O–H groups in total. The van der Waals surface area contributed by atoms with E-state index in [1.165, 1.54) is 54.3 Å². The lowest BCUT2D eigenvalue weighted by atomic mass is 10.1. The molecule has 0 saturated carbocycles. The number of tetrazole rings is 1. The van der Waals surface area contributed by atoms with E-state index in [9.17, 15) is 18.3 Å². The summed E-state index contributed by atoms with van der Waals surface area (Å²) in [6, 6.07) is 8.19. The smallest absolute Gasteiger partial charge is 0.257 e. The largest absolute Gasteiger partial charge is 0.506 e. The van der Waals surface area contributed by atoms with Gasteiger partial charge in [-0.1, -0.05) is 18.5 Å². The standard InChI is InChI=1S/C16H14ClN5O4S/c1-2-27(25,26)11-4-6-15(23)13(8-11)19-16(24)12-5-3-10(17)7-14(12)22-9-18-20-21-22/h3-9,23H,2H2,1H3,(H,19,24). The number of aromatic nitrogens is 4. The first kappa shape index (κ1) is 18.8. The maximum Gasteiger partial charge on any atom is 0.257 e. The molecule has 2 aromatic carbocycles. The maximum atomic E-state index is 12.7. The molecule has 0 bridgehead atoms. The van der Waals surface area contributed by atoms with Gasteiger partial charge < -0.3 is 10.4 Å². The Balaban J connectivity index is 1.99. The van der Waals surface area contributed by atoms with Crippen molar-refractivity contribution in [2.75, 3.05) is 11.1 Å². The van der Waals surface area contributed by atoms with Gasteiger partial charge in [-0.05, 0) is 46.8 Å². The molecular formula is C16H14ClN5O4S. The van der Waals surface area contributed by atoms with Crippen LogP contribution in [0, 0.1) is 0 Å². The molecule has 3 rings (SSSR count). The summed E-state index contributed by atoms with van der Waals surface area (Å²) in [5.74, 6) is -0.971. The van der Waals surface area contributed by atoms with Gasteiger partial charge in [-0.3, -0.25) is 4.79 Å². The van der Waals surface area contributed by atoms with Crippen molar-refractivity contribution in [3.05, 3.63) is 53.3 Å². The fourth-order valence-electron chi connectivity index (χ4n) is 2.32. The number of anilines is 1. The normalized spacial score (nSPS) is 11.3. The number of hydrogen-bond donors (Lipinski definition) is 2. The fourth-order valence-corrected chi connectivity index (χ4v) is 3.40. The van der Waals surface area contributed by atoms with Gasteiger partial charge in [0.1, 0.15) is 12.1 Å². The van der Waals surface area contributed by atoms with E-state index in [4.69, 9.17) is 11.6 Å². The van der Waals surface area contributed by atoms with Crippen molar-refractivity contribution in [1.82, 2.24) is 20.2 Å². The highest BCUT2D eigenvalue weighted by molar-refractivity contribution is 7.91. The Kier molecular flexibility index (Phi) is 5.10. The van der Waals surface area contributed by atoms with Crippen LogP contribution in [0.4, 0.5) is 5.69 Å². The van der Waals surface area contributed by atoms with Gasteiger partial charge in [0.25, 0.3) is 5.91 Å². The van der Waals surface area contributed by atoms with Crippen molar-refractivity contribution in [3.8, 4) is 11.4 Å². The van der Waals surface area contributed by atoms with E-state index in [-0.39, 0.29) is 27.6 Å². The minimum atomic E-state index is -3.50. The first-order valence-corrected chi connectivity index (χ1v) is 9.75. The van der Waals surface area contributed by atoms with Crippen LogP contribution in [-0.4, -0.2) is 45.4 Å². The van der Waals surface area contributed by atoms with Crippen LogP contribution >= 0.6 is 11.6 Å². The first-order valence-electron chi connectivity index (χ1n) is 7.72. The lowest BCUT2D eigenvalue weighted by Gasteiger charge is -2.12. The molecule has 0 atom stereocenters. The summed E-state index contributed by atoms with van der Waals surface area (Å²) in [5, 5.41) is 23.7. The van der Waals surface area contributed by atoms with Gasteiger partial charge in [-0.15, -0.1) is 5.10 Å². The third-order valence-corrected chi connectivity index (χ3v) is 5.72. The quantitative estimate of drug-likeness (QED) is 0.619. The second-order valence-electron chi connectivity index (χ2n) is 5.45. The predicted octanol–water partition coefficient (Wildman–Crippen LogP) is 2.07. The van der Waals surface area contributed by atoms with E-state index in [2.05, 4.69) is 20.8 Å². The number of halogens is 1. The van der Waals surface area contributed by atoms with E-state index < -0.39 is 15.7 Å². The summed E-state index contributed by atoms with van der Waals surface area (Å²) in [6.45, 7) is 1.51. The second kappa shape index (κ2) is 7.33. The summed E-state index contributed by atoms with van der Waals surface area (Å²) < 4.78 is 25.3. The number of benzene rings is 2. The number of nitrogens with zero attached hydrogens (tertiary/aromatic N) is 4. The highest BCUT2D eigenvalue weighted by atomic mass is 35.5. The molecule has 1 aromatic heterocycles. The molecule has 0 unspecified atom stereocenters. The Morgan fingerprint density at radius 1 is 1.26 bits per heavy atom. The zero-order chi connectivity index (χ0) is 19.6. The number of amides is 1. The van der Waals surface area contributed by atoms with Crippen molar-refractivity contribution in [1.29, 1.82) is 0 Å². The van der Waals surface area contributed by atoms with E-state index >= 15 is 0 Å². The summed E-state index contributed by atoms with van der Waals surface area (Å²) in [6.07, 6.45) is 1.30. The predicted molar refractivity (Wildman–Crippen MR) is 98.0 cm³/mol. The van der Waals surface area contributed by atoms with Crippen LogP contribution in [0.15, 0.2) is 47.6 Å². The zero-order valence-electron chi connectivity index (χ0n) is 14.0. The van der Waals surface area contributed by atoms with Gasteiger partial charge in [0, 0.05) is 5.02 Å². The Labute approximate surface area is 159 Å². The molecular weight excluding hydrogens is 394 g/mol. The van der Waals surface area contributed by atoms with Crippen molar-refractivity contribution >= 4 is 33.0 Å². The molecule has 27 heavy (non-hydrogen) atoms. The molecule has 0 spiro atoms. The zero-order valence-corrected chi connectivity index (χ0v) is 15.6. The molecule has 9 nitrogen and oxygen atoms in total. The van der Waals surface area contributed by atoms with Crippen molar-refractivity contribution in [3.63, 3.8) is 0 Å². The molecule has 0 radical (unpaired) electrons. The van der Waals surface area contributed by atoms with E-state index in [1.807, 2.05) is 0 Å². The number of nitrogens with one attached hydrogen (secondary N) is 1. The Morgan fingerprint density at radius 3 is 2.70 bits per heavy atom. The van der Waals surface area contributed by atoms with Crippen LogP contribution in [0.3, 0.4) is 0 Å². The number of sulfone groups is 1. The molecule has 1 amide bonds. The topological polar surface area (TPSA) is 127 Å². The summed E-state index contributed by atoms with van der Waals surface area (Å²) in [7, 11) is -3.50. The van der Waals surface area contributed by atoms with Gasteiger partial charge >= 0.3 is 0 Å². The minimum Gasteiger partial charge on any atom is -0.506 e. The number of carbonyl (C=O) groups is 1. The molecule has 0 aliphatic carbocycles. The highest BCUT2D eigenvalue weighted by Crippen LogP contribution is 2.28. The summed E-state index contributed by atoms with van der Waals surface area (Å²) in [5.41, 5.74) is 0.462. The van der Waals surface area contributed by atoms with Crippen molar-refractivity contribution in [2.24, 2.45) is 0 Å². The van der Waals surface area contributed by atoms with Gasteiger partial charge in [0.05, 0.1) is 27.6 Å². The molecule has 0 fully saturated rings. The van der Waals surface area contributed by atoms with Crippen molar-refractivity contribution < 1.29 is 18.3 Å². The van der Waals surface area contributed by atoms with Crippen LogP contribution in [0.5, 0.6) is 5.75 Å². The van der Waals surface area contributed by atoms with E-state index in [0.717, 1.165) is 0 Å². The lowest BCUT2D eigenvalue weighted by Crippen LogP contribution is -2.16. The van der Waals surface area contributed by atoms with Gasteiger partial charge in [-0.25, -0.2) is 8.42 Å². The van der Waals surface area contributed by atoms with Crippen LogP contribution in [0.1, 0.15) is 17.3 Å². The SMILES string of the molecule is CCS(=O)(=O)c1ccc(O)c(NC(=O)c2ccc(Cl)cc2-n2cnnn2)c1. The molecule has 1 heterocycles. The first-order chi connectivity index (χ1) is 12.8.